The molecule has 0 aromatic heterocycles. The summed E-state index contributed by atoms with van der Waals surface area (Å²) in [6.45, 7) is 2.34. The summed E-state index contributed by atoms with van der Waals surface area (Å²) in [4.78, 5) is 2.13. The van der Waals surface area contributed by atoms with E-state index in [1.54, 1.807) is 25.3 Å². The lowest BCUT2D eigenvalue weighted by atomic mass is 10.2. The van der Waals surface area contributed by atoms with Crippen LogP contribution in [0.2, 0.25) is 0 Å². The molecule has 0 aliphatic carbocycles. The van der Waals surface area contributed by atoms with Crippen LogP contribution in [0.5, 0.6) is 11.5 Å². The minimum atomic E-state index is -3.82. The molecule has 0 saturated heterocycles. The van der Waals surface area contributed by atoms with E-state index in [0.29, 0.717) is 18.0 Å². The smallest absolute Gasteiger partial charge is 0.297 e. The maximum Gasteiger partial charge on any atom is 0.297 e. The standard InChI is InChI=1S/C18H21NO5S/c1-13-7-9-15(10-8-13)25(20,21)23-12-14-11-19(2)16-5-4-6-17(22-3)18(16)24-14/h4-10,14H,11-12H2,1-3H3. The maximum absolute atomic E-state index is 12.3. The monoisotopic (exact) mass is 363 g/mol. The summed E-state index contributed by atoms with van der Waals surface area (Å²) in [5, 5.41) is 0. The van der Waals surface area contributed by atoms with Gasteiger partial charge in [0.15, 0.2) is 11.5 Å². The summed E-state index contributed by atoms with van der Waals surface area (Å²) in [5.74, 6) is 1.20. The molecule has 1 unspecified atom stereocenters. The van der Waals surface area contributed by atoms with Crippen LogP contribution in [0, 0.1) is 6.92 Å². The van der Waals surface area contributed by atoms with E-state index in [4.69, 9.17) is 13.7 Å². The molecule has 1 heterocycles. The average molecular weight is 363 g/mol. The molecule has 1 atom stereocenters. The van der Waals surface area contributed by atoms with Gasteiger partial charge in [0.2, 0.25) is 0 Å². The Morgan fingerprint density at radius 1 is 1.20 bits per heavy atom. The Labute approximate surface area is 148 Å². The minimum Gasteiger partial charge on any atom is -0.493 e. The maximum atomic E-state index is 12.3. The van der Waals surface area contributed by atoms with Gasteiger partial charge in [-0.15, -0.1) is 0 Å². The van der Waals surface area contributed by atoms with Gasteiger partial charge >= 0.3 is 0 Å². The van der Waals surface area contributed by atoms with Gasteiger partial charge in [0, 0.05) is 7.05 Å². The zero-order chi connectivity index (χ0) is 18.0. The molecule has 1 aliphatic heterocycles. The Balaban J connectivity index is 1.73. The van der Waals surface area contributed by atoms with Gasteiger partial charge in [0.1, 0.15) is 12.7 Å². The van der Waals surface area contributed by atoms with Crippen molar-refractivity contribution in [2.75, 3.05) is 32.2 Å². The first-order valence-electron chi connectivity index (χ1n) is 7.91. The number of ether oxygens (including phenoxy) is 2. The number of rotatable bonds is 5. The lowest BCUT2D eigenvalue weighted by Gasteiger charge is -2.34. The molecule has 25 heavy (non-hydrogen) atoms. The molecule has 2 aromatic rings. The van der Waals surface area contributed by atoms with E-state index in [1.807, 2.05) is 31.0 Å². The highest BCUT2D eigenvalue weighted by atomic mass is 32.2. The van der Waals surface area contributed by atoms with Crippen LogP contribution < -0.4 is 14.4 Å². The van der Waals surface area contributed by atoms with Crippen LogP contribution in [0.3, 0.4) is 0 Å². The van der Waals surface area contributed by atoms with Gasteiger partial charge < -0.3 is 14.4 Å². The van der Waals surface area contributed by atoms with Crippen molar-refractivity contribution >= 4 is 15.8 Å². The number of hydrogen-bond donors (Lipinski definition) is 0. The Morgan fingerprint density at radius 3 is 2.60 bits per heavy atom. The molecule has 0 N–H and O–H groups in total. The molecule has 0 amide bonds. The number of benzene rings is 2. The van der Waals surface area contributed by atoms with Crippen molar-refractivity contribution in [1.29, 1.82) is 0 Å². The number of likely N-dealkylation sites (N-methyl/N-ethyl adjacent to an activating group) is 1. The van der Waals surface area contributed by atoms with Gasteiger partial charge in [-0.25, -0.2) is 0 Å². The third-order valence-corrected chi connectivity index (χ3v) is 5.37. The lowest BCUT2D eigenvalue weighted by Crippen LogP contribution is -2.41. The summed E-state index contributed by atoms with van der Waals surface area (Å²) in [5.41, 5.74) is 1.89. The predicted molar refractivity (Wildman–Crippen MR) is 95.0 cm³/mol. The molecule has 0 radical (unpaired) electrons. The van der Waals surface area contributed by atoms with E-state index in [1.165, 1.54) is 12.1 Å². The number of anilines is 1. The number of fused-ring (bicyclic) bond motifs is 1. The molecule has 0 saturated carbocycles. The van der Waals surface area contributed by atoms with Crippen molar-refractivity contribution in [3.05, 3.63) is 48.0 Å². The Bertz CT molecular complexity index is 848. The quantitative estimate of drug-likeness (QED) is 0.761. The minimum absolute atomic E-state index is 0.0714. The Morgan fingerprint density at radius 2 is 1.92 bits per heavy atom. The van der Waals surface area contributed by atoms with E-state index < -0.39 is 16.2 Å². The van der Waals surface area contributed by atoms with E-state index >= 15 is 0 Å². The first-order valence-corrected chi connectivity index (χ1v) is 9.32. The molecule has 3 rings (SSSR count). The first-order chi connectivity index (χ1) is 11.9. The summed E-state index contributed by atoms with van der Waals surface area (Å²) in [6.07, 6.45) is -0.422. The molecule has 2 aromatic carbocycles. The van der Waals surface area contributed by atoms with Crippen LogP contribution in [-0.4, -0.2) is 41.8 Å². The number of hydrogen-bond acceptors (Lipinski definition) is 6. The zero-order valence-corrected chi connectivity index (χ0v) is 15.2. The zero-order valence-electron chi connectivity index (χ0n) is 14.4. The highest BCUT2D eigenvalue weighted by Crippen LogP contribution is 2.40. The van der Waals surface area contributed by atoms with Gasteiger partial charge in [-0.2, -0.15) is 8.42 Å². The van der Waals surface area contributed by atoms with Crippen molar-refractivity contribution < 1.29 is 22.1 Å². The van der Waals surface area contributed by atoms with Crippen molar-refractivity contribution in [2.45, 2.75) is 17.9 Å². The molecule has 6 nitrogen and oxygen atoms in total. The summed E-state index contributed by atoms with van der Waals surface area (Å²) < 4.78 is 41.1. The van der Waals surface area contributed by atoms with Crippen LogP contribution in [0.4, 0.5) is 5.69 Å². The second-order valence-electron chi connectivity index (χ2n) is 5.98. The fraction of sp³-hybridized carbons (Fsp3) is 0.333. The van der Waals surface area contributed by atoms with Gasteiger partial charge in [0.25, 0.3) is 10.1 Å². The molecule has 0 spiro atoms. The summed E-state index contributed by atoms with van der Waals surface area (Å²) in [7, 11) is -0.327. The second-order valence-corrected chi connectivity index (χ2v) is 7.60. The Hall–Kier alpha value is -2.25. The SMILES string of the molecule is COc1cccc2c1OC(COS(=O)(=O)c1ccc(C)cc1)CN2C. The van der Waals surface area contributed by atoms with Crippen LogP contribution in [-0.2, 0) is 14.3 Å². The van der Waals surface area contributed by atoms with Gasteiger partial charge in [-0.05, 0) is 31.2 Å². The molecule has 1 aliphatic rings. The fourth-order valence-corrected chi connectivity index (χ4v) is 3.65. The molecule has 7 heteroatoms. The van der Waals surface area contributed by atoms with E-state index in [-0.39, 0.29) is 11.5 Å². The highest BCUT2D eigenvalue weighted by molar-refractivity contribution is 7.86. The highest BCUT2D eigenvalue weighted by Gasteiger charge is 2.28. The predicted octanol–water partition coefficient (Wildman–Crippen LogP) is 2.61. The van der Waals surface area contributed by atoms with E-state index in [0.717, 1.165) is 11.3 Å². The lowest BCUT2D eigenvalue weighted by molar-refractivity contribution is 0.125. The van der Waals surface area contributed by atoms with Crippen molar-refractivity contribution in [1.82, 2.24) is 0 Å². The average Bonchev–Trinajstić information content (AvgIpc) is 2.60. The fourth-order valence-electron chi connectivity index (χ4n) is 2.72. The van der Waals surface area contributed by atoms with Crippen LogP contribution >= 0.6 is 0 Å². The van der Waals surface area contributed by atoms with Crippen LogP contribution in [0.1, 0.15) is 5.56 Å². The topological polar surface area (TPSA) is 65.1 Å². The second kappa shape index (κ2) is 6.93. The van der Waals surface area contributed by atoms with Gasteiger partial charge in [0.05, 0.1) is 24.2 Å². The summed E-state index contributed by atoms with van der Waals surface area (Å²) in [6, 6.07) is 12.2. The van der Waals surface area contributed by atoms with Crippen LogP contribution in [0.25, 0.3) is 0 Å². The summed E-state index contributed by atoms with van der Waals surface area (Å²) >= 11 is 0. The van der Waals surface area contributed by atoms with Crippen LogP contribution in [0.15, 0.2) is 47.4 Å². The normalized spacial score (nSPS) is 16.9. The largest absolute Gasteiger partial charge is 0.493 e. The van der Waals surface area contributed by atoms with Gasteiger partial charge in [-0.1, -0.05) is 23.8 Å². The number of aryl methyl sites for hydroxylation is 1. The van der Waals surface area contributed by atoms with E-state index in [2.05, 4.69) is 0 Å². The molecule has 0 fully saturated rings. The third kappa shape index (κ3) is 3.72. The third-order valence-electron chi connectivity index (χ3n) is 4.07. The van der Waals surface area contributed by atoms with Crippen molar-refractivity contribution in [3.8, 4) is 11.5 Å². The Kier molecular flexibility index (Phi) is 4.87. The first kappa shape index (κ1) is 17.6. The molecule has 134 valence electrons. The number of methoxy groups -OCH3 is 1. The van der Waals surface area contributed by atoms with E-state index in [9.17, 15) is 8.42 Å². The van der Waals surface area contributed by atoms with Crippen molar-refractivity contribution in [3.63, 3.8) is 0 Å². The number of para-hydroxylation sites is 1. The molecule has 0 bridgehead atoms. The number of nitrogens with zero attached hydrogens (tertiary/aromatic N) is 1. The van der Waals surface area contributed by atoms with Gasteiger partial charge in [-0.3, -0.25) is 4.18 Å². The molecular formula is C18H21NO5S. The molecular weight excluding hydrogens is 342 g/mol. The van der Waals surface area contributed by atoms with Crippen molar-refractivity contribution in [2.24, 2.45) is 0 Å².